The number of rotatable bonds is 5. The minimum absolute atomic E-state index is 0.0967. The van der Waals surface area contributed by atoms with Crippen LogP contribution in [0.5, 0.6) is 0 Å². The summed E-state index contributed by atoms with van der Waals surface area (Å²) in [5.41, 5.74) is 3.47. The fourth-order valence-electron chi connectivity index (χ4n) is 2.63. The maximum atomic E-state index is 13.2. The standard InChI is InChI=1S/C19H17ClFN3O/c1-13(25)24(11-15-7-8-17(21)9-18(15)20)12-16-10-22-23-19(16)14-5-3-2-4-6-14/h2-10H,11-12H2,1H3,(H,22,23). The first kappa shape index (κ1) is 17.2. The molecule has 0 aliphatic heterocycles. The van der Waals surface area contributed by atoms with Crippen LogP contribution in [0.4, 0.5) is 4.39 Å². The lowest BCUT2D eigenvalue weighted by Crippen LogP contribution is -2.27. The quantitative estimate of drug-likeness (QED) is 0.735. The van der Waals surface area contributed by atoms with Crippen molar-refractivity contribution in [2.75, 3.05) is 0 Å². The first-order valence-corrected chi connectivity index (χ1v) is 8.19. The van der Waals surface area contributed by atoms with E-state index in [1.54, 1.807) is 17.2 Å². The van der Waals surface area contributed by atoms with Crippen molar-refractivity contribution in [3.63, 3.8) is 0 Å². The van der Waals surface area contributed by atoms with Crippen molar-refractivity contribution in [1.82, 2.24) is 15.1 Å². The van der Waals surface area contributed by atoms with Crippen LogP contribution in [0, 0.1) is 5.82 Å². The maximum Gasteiger partial charge on any atom is 0.220 e. The molecule has 1 aromatic heterocycles. The second-order valence-electron chi connectivity index (χ2n) is 5.75. The van der Waals surface area contributed by atoms with Crippen LogP contribution in [0.3, 0.4) is 0 Å². The summed E-state index contributed by atoms with van der Waals surface area (Å²) in [7, 11) is 0. The molecule has 2 aromatic carbocycles. The third-order valence-electron chi connectivity index (χ3n) is 3.96. The molecule has 25 heavy (non-hydrogen) atoms. The number of amides is 1. The van der Waals surface area contributed by atoms with Gasteiger partial charge in [0.05, 0.1) is 11.9 Å². The van der Waals surface area contributed by atoms with Crippen LogP contribution in [0.1, 0.15) is 18.1 Å². The Labute approximate surface area is 150 Å². The fourth-order valence-corrected chi connectivity index (χ4v) is 2.85. The van der Waals surface area contributed by atoms with Gasteiger partial charge in [0.25, 0.3) is 0 Å². The normalized spacial score (nSPS) is 10.7. The van der Waals surface area contributed by atoms with E-state index in [1.807, 2.05) is 30.3 Å². The van der Waals surface area contributed by atoms with Crippen LogP contribution in [0.15, 0.2) is 54.7 Å². The van der Waals surface area contributed by atoms with E-state index < -0.39 is 5.82 Å². The Morgan fingerprint density at radius 1 is 1.16 bits per heavy atom. The zero-order valence-electron chi connectivity index (χ0n) is 13.7. The first-order valence-electron chi connectivity index (χ1n) is 7.81. The molecular weight excluding hydrogens is 341 g/mol. The molecule has 0 radical (unpaired) electrons. The summed E-state index contributed by atoms with van der Waals surface area (Å²) >= 11 is 6.09. The summed E-state index contributed by atoms with van der Waals surface area (Å²) in [4.78, 5) is 13.7. The highest BCUT2D eigenvalue weighted by molar-refractivity contribution is 6.31. The SMILES string of the molecule is CC(=O)N(Cc1ccc(F)cc1Cl)Cc1cn[nH]c1-c1ccccc1. The van der Waals surface area contributed by atoms with Gasteiger partial charge in [-0.3, -0.25) is 9.89 Å². The minimum Gasteiger partial charge on any atom is -0.334 e. The number of H-pyrrole nitrogens is 1. The van der Waals surface area contributed by atoms with Crippen LogP contribution < -0.4 is 0 Å². The molecule has 0 unspecified atom stereocenters. The molecule has 1 heterocycles. The summed E-state index contributed by atoms with van der Waals surface area (Å²) in [6.45, 7) is 2.18. The van der Waals surface area contributed by atoms with E-state index in [0.29, 0.717) is 23.7 Å². The number of carbonyl (C=O) groups is 1. The Balaban J connectivity index is 1.84. The van der Waals surface area contributed by atoms with Crippen molar-refractivity contribution in [1.29, 1.82) is 0 Å². The van der Waals surface area contributed by atoms with Crippen LogP contribution in [-0.2, 0) is 17.9 Å². The molecule has 0 bridgehead atoms. The summed E-state index contributed by atoms with van der Waals surface area (Å²) in [5.74, 6) is -0.495. The molecule has 0 fully saturated rings. The molecule has 4 nitrogen and oxygen atoms in total. The highest BCUT2D eigenvalue weighted by atomic mass is 35.5. The molecule has 128 valence electrons. The fraction of sp³-hybridized carbons (Fsp3) is 0.158. The van der Waals surface area contributed by atoms with Gasteiger partial charge in [-0.25, -0.2) is 4.39 Å². The smallest absolute Gasteiger partial charge is 0.220 e. The third kappa shape index (κ3) is 4.06. The maximum absolute atomic E-state index is 13.2. The first-order chi connectivity index (χ1) is 12.0. The van der Waals surface area contributed by atoms with Gasteiger partial charge >= 0.3 is 0 Å². The Hall–Kier alpha value is -2.66. The lowest BCUT2D eigenvalue weighted by Gasteiger charge is -2.22. The zero-order valence-corrected chi connectivity index (χ0v) is 14.4. The Morgan fingerprint density at radius 3 is 2.56 bits per heavy atom. The third-order valence-corrected chi connectivity index (χ3v) is 4.32. The molecule has 1 N–H and O–H groups in total. The number of aromatic nitrogens is 2. The van der Waals surface area contributed by atoms with Crippen LogP contribution >= 0.6 is 11.6 Å². The zero-order chi connectivity index (χ0) is 17.8. The monoisotopic (exact) mass is 357 g/mol. The average molecular weight is 358 g/mol. The number of hydrogen-bond acceptors (Lipinski definition) is 2. The molecule has 1 amide bonds. The molecule has 0 saturated carbocycles. The number of halogens is 2. The van der Waals surface area contributed by atoms with E-state index in [9.17, 15) is 9.18 Å². The number of hydrogen-bond donors (Lipinski definition) is 1. The van der Waals surface area contributed by atoms with Gasteiger partial charge in [0, 0.05) is 30.6 Å². The average Bonchev–Trinajstić information content (AvgIpc) is 3.05. The van der Waals surface area contributed by atoms with Gasteiger partial charge in [0.15, 0.2) is 0 Å². The van der Waals surface area contributed by atoms with Gasteiger partial charge in [-0.2, -0.15) is 5.10 Å². The van der Waals surface area contributed by atoms with Crippen molar-refractivity contribution < 1.29 is 9.18 Å². The van der Waals surface area contributed by atoms with E-state index >= 15 is 0 Å². The van der Waals surface area contributed by atoms with Gasteiger partial charge in [0.1, 0.15) is 5.82 Å². The van der Waals surface area contributed by atoms with Crippen molar-refractivity contribution in [3.8, 4) is 11.3 Å². The van der Waals surface area contributed by atoms with Gasteiger partial charge in [-0.05, 0) is 23.3 Å². The van der Waals surface area contributed by atoms with Gasteiger partial charge < -0.3 is 4.90 Å². The van der Waals surface area contributed by atoms with Crippen LogP contribution in [-0.4, -0.2) is 21.0 Å². The van der Waals surface area contributed by atoms with Crippen molar-refractivity contribution in [2.24, 2.45) is 0 Å². The lowest BCUT2D eigenvalue weighted by molar-refractivity contribution is -0.130. The predicted molar refractivity (Wildman–Crippen MR) is 95.4 cm³/mol. The van der Waals surface area contributed by atoms with Gasteiger partial charge in [-0.1, -0.05) is 48.0 Å². The molecule has 3 aromatic rings. The van der Waals surface area contributed by atoms with Crippen LogP contribution in [0.2, 0.25) is 5.02 Å². The molecule has 0 atom stereocenters. The van der Waals surface area contributed by atoms with E-state index in [4.69, 9.17) is 11.6 Å². The molecule has 0 aliphatic carbocycles. The number of benzene rings is 2. The molecule has 6 heteroatoms. The van der Waals surface area contributed by atoms with Crippen LogP contribution in [0.25, 0.3) is 11.3 Å². The summed E-state index contributed by atoms with van der Waals surface area (Å²) in [5, 5.41) is 7.40. The molecule has 0 aliphatic rings. The Kier molecular flexibility index (Phi) is 5.14. The number of aromatic amines is 1. The van der Waals surface area contributed by atoms with E-state index in [-0.39, 0.29) is 5.91 Å². The minimum atomic E-state index is -0.399. The Bertz CT molecular complexity index is 879. The number of carbonyl (C=O) groups excluding carboxylic acids is 1. The van der Waals surface area contributed by atoms with Gasteiger partial charge in [-0.15, -0.1) is 0 Å². The molecule has 0 saturated heterocycles. The highest BCUT2D eigenvalue weighted by Gasteiger charge is 2.16. The van der Waals surface area contributed by atoms with Crippen molar-refractivity contribution in [3.05, 3.63) is 76.7 Å². The van der Waals surface area contributed by atoms with Gasteiger partial charge in [0.2, 0.25) is 5.91 Å². The second-order valence-corrected chi connectivity index (χ2v) is 6.15. The summed E-state index contributed by atoms with van der Waals surface area (Å²) in [6.07, 6.45) is 1.71. The number of nitrogens with one attached hydrogen (secondary N) is 1. The number of nitrogens with zero attached hydrogens (tertiary/aromatic N) is 2. The molecule has 0 spiro atoms. The largest absolute Gasteiger partial charge is 0.334 e. The summed E-state index contributed by atoms with van der Waals surface area (Å²) < 4.78 is 13.2. The van der Waals surface area contributed by atoms with Crippen molar-refractivity contribution >= 4 is 17.5 Å². The summed E-state index contributed by atoms with van der Waals surface area (Å²) in [6, 6.07) is 14.0. The van der Waals surface area contributed by atoms with E-state index in [1.165, 1.54) is 19.1 Å². The highest BCUT2D eigenvalue weighted by Crippen LogP contribution is 2.24. The predicted octanol–water partition coefficient (Wildman–Crippen LogP) is 4.42. The van der Waals surface area contributed by atoms with E-state index in [2.05, 4.69) is 10.2 Å². The Morgan fingerprint density at radius 2 is 1.88 bits per heavy atom. The molecule has 3 rings (SSSR count). The van der Waals surface area contributed by atoms with E-state index in [0.717, 1.165) is 16.8 Å². The topological polar surface area (TPSA) is 49.0 Å². The second kappa shape index (κ2) is 7.49. The van der Waals surface area contributed by atoms with Crippen molar-refractivity contribution in [2.45, 2.75) is 20.0 Å². The lowest BCUT2D eigenvalue weighted by atomic mass is 10.1. The molecular formula is C19H17ClFN3O.